The first-order chi connectivity index (χ1) is 12.2. The summed E-state index contributed by atoms with van der Waals surface area (Å²) < 4.78 is 17.0. The van der Waals surface area contributed by atoms with Crippen molar-refractivity contribution in [1.82, 2.24) is 0 Å². The second kappa shape index (κ2) is 6.62. The number of hydrogen-bond donors (Lipinski definition) is 1. The quantitative estimate of drug-likeness (QED) is 0.856. The van der Waals surface area contributed by atoms with Crippen LogP contribution in [-0.2, 0) is 0 Å². The average Bonchev–Trinajstić information content (AvgIpc) is 2.99. The molecule has 2 aliphatic rings. The maximum atomic E-state index is 11.6. The number of hydrogen-bond acceptors (Lipinski definition) is 4. The highest BCUT2D eigenvalue weighted by Gasteiger charge is 2.34. The molecule has 1 N–H and O–H groups in total. The number of furan rings is 1. The first kappa shape index (κ1) is 16.3. The number of methoxy groups -OCH3 is 1. The van der Waals surface area contributed by atoms with Crippen LogP contribution in [0.1, 0.15) is 55.5 Å². The van der Waals surface area contributed by atoms with E-state index in [-0.39, 0.29) is 11.9 Å². The Morgan fingerprint density at radius 2 is 1.96 bits per heavy atom. The molecular formula is C20H24O5. The highest BCUT2D eigenvalue weighted by atomic mass is 16.5. The lowest BCUT2D eigenvalue weighted by atomic mass is 9.70. The van der Waals surface area contributed by atoms with E-state index in [0.29, 0.717) is 28.4 Å². The Balaban J connectivity index is 1.63. The summed E-state index contributed by atoms with van der Waals surface area (Å²) in [5.74, 6) is 1.33. The fourth-order valence-corrected chi connectivity index (χ4v) is 4.54. The Morgan fingerprint density at radius 3 is 2.72 bits per heavy atom. The molecule has 2 aromatic rings. The van der Waals surface area contributed by atoms with Crippen LogP contribution in [0.4, 0.5) is 0 Å². The van der Waals surface area contributed by atoms with Crippen LogP contribution in [0.2, 0.25) is 0 Å². The van der Waals surface area contributed by atoms with Crippen LogP contribution in [0.3, 0.4) is 0 Å². The van der Waals surface area contributed by atoms with Gasteiger partial charge in [-0.15, -0.1) is 0 Å². The minimum atomic E-state index is -1.10. The van der Waals surface area contributed by atoms with E-state index in [4.69, 9.17) is 13.9 Å². The Bertz CT molecular complexity index is 778. The lowest BCUT2D eigenvalue weighted by molar-refractivity contribution is 0.0574. The molecule has 134 valence electrons. The van der Waals surface area contributed by atoms with E-state index in [1.54, 1.807) is 25.3 Å². The van der Waals surface area contributed by atoms with Crippen LogP contribution in [-0.4, -0.2) is 24.3 Å². The van der Waals surface area contributed by atoms with Gasteiger partial charge in [-0.2, -0.15) is 0 Å². The van der Waals surface area contributed by atoms with Gasteiger partial charge >= 0.3 is 5.97 Å². The fourth-order valence-electron chi connectivity index (χ4n) is 4.54. The first-order valence-corrected chi connectivity index (χ1v) is 9.16. The maximum Gasteiger partial charge on any atom is 0.375 e. The molecular weight excluding hydrogens is 320 g/mol. The molecule has 0 spiro atoms. The summed E-state index contributed by atoms with van der Waals surface area (Å²) in [6.07, 6.45) is 8.50. The zero-order chi connectivity index (χ0) is 17.4. The molecule has 0 saturated heterocycles. The van der Waals surface area contributed by atoms with Crippen molar-refractivity contribution in [3.05, 3.63) is 24.0 Å². The van der Waals surface area contributed by atoms with Crippen molar-refractivity contribution in [2.45, 2.75) is 51.0 Å². The Morgan fingerprint density at radius 1 is 1.16 bits per heavy atom. The van der Waals surface area contributed by atoms with Gasteiger partial charge < -0.3 is 19.0 Å². The van der Waals surface area contributed by atoms with Crippen LogP contribution in [0.15, 0.2) is 22.6 Å². The summed E-state index contributed by atoms with van der Waals surface area (Å²) in [6.45, 7) is 0. The molecule has 0 bridgehead atoms. The minimum absolute atomic E-state index is 0.0597. The molecule has 0 amide bonds. The number of benzene rings is 1. The van der Waals surface area contributed by atoms with Gasteiger partial charge in [-0.25, -0.2) is 4.79 Å². The number of rotatable bonds is 4. The second-order valence-electron chi connectivity index (χ2n) is 7.29. The minimum Gasteiger partial charge on any atom is -0.497 e. The van der Waals surface area contributed by atoms with Crippen molar-refractivity contribution < 1.29 is 23.8 Å². The molecule has 0 radical (unpaired) electrons. The third-order valence-corrected chi connectivity index (χ3v) is 5.82. The molecule has 2 fully saturated rings. The smallest absolute Gasteiger partial charge is 0.375 e. The lowest BCUT2D eigenvalue weighted by Gasteiger charge is -2.39. The Labute approximate surface area is 146 Å². The monoisotopic (exact) mass is 344 g/mol. The number of carbonyl (C=O) groups is 1. The molecule has 5 heteroatoms. The van der Waals surface area contributed by atoms with Gasteiger partial charge in [-0.3, -0.25) is 0 Å². The highest BCUT2D eigenvalue weighted by Crippen LogP contribution is 2.43. The van der Waals surface area contributed by atoms with Crippen molar-refractivity contribution >= 4 is 16.9 Å². The van der Waals surface area contributed by atoms with E-state index >= 15 is 0 Å². The van der Waals surface area contributed by atoms with Gasteiger partial charge in [0.1, 0.15) is 11.3 Å². The summed E-state index contributed by atoms with van der Waals surface area (Å²) in [6, 6.07) is 5.27. The van der Waals surface area contributed by atoms with E-state index in [9.17, 15) is 9.90 Å². The third-order valence-electron chi connectivity index (χ3n) is 5.82. The van der Waals surface area contributed by atoms with E-state index < -0.39 is 5.97 Å². The van der Waals surface area contributed by atoms with Gasteiger partial charge in [0.25, 0.3) is 5.76 Å². The molecule has 1 aromatic carbocycles. The summed E-state index contributed by atoms with van der Waals surface area (Å²) in [7, 11) is 1.59. The van der Waals surface area contributed by atoms with Crippen LogP contribution in [0.25, 0.3) is 11.0 Å². The second-order valence-corrected chi connectivity index (χ2v) is 7.29. The number of aromatic carboxylic acids is 1. The highest BCUT2D eigenvalue weighted by molar-refractivity contribution is 5.98. The van der Waals surface area contributed by atoms with E-state index in [0.717, 1.165) is 18.8 Å². The van der Waals surface area contributed by atoms with Crippen molar-refractivity contribution in [1.29, 1.82) is 0 Å². The zero-order valence-electron chi connectivity index (χ0n) is 14.5. The van der Waals surface area contributed by atoms with Gasteiger partial charge in [-0.1, -0.05) is 25.7 Å². The molecule has 0 aliphatic heterocycles. The molecule has 1 aromatic heterocycles. The molecule has 2 saturated carbocycles. The third kappa shape index (κ3) is 3.08. The van der Waals surface area contributed by atoms with Gasteiger partial charge in [0.2, 0.25) is 0 Å². The maximum absolute atomic E-state index is 11.6. The fraction of sp³-hybridized carbons (Fsp3) is 0.550. The van der Waals surface area contributed by atoms with Gasteiger partial charge in [0.15, 0.2) is 5.75 Å². The van der Waals surface area contributed by atoms with Gasteiger partial charge in [0.05, 0.1) is 18.6 Å². The van der Waals surface area contributed by atoms with Crippen molar-refractivity contribution in [2.75, 3.05) is 7.11 Å². The normalized spacial score (nSPS) is 26.2. The SMILES string of the molecule is COc1ccc2oc(C(=O)O)c(OC3CCC4CCCCC4C3)c2c1. The first-order valence-electron chi connectivity index (χ1n) is 9.16. The largest absolute Gasteiger partial charge is 0.497 e. The number of fused-ring (bicyclic) bond motifs is 2. The average molecular weight is 344 g/mol. The van der Waals surface area contributed by atoms with Gasteiger partial charge in [0, 0.05) is 0 Å². The summed E-state index contributed by atoms with van der Waals surface area (Å²) in [5.41, 5.74) is 0.513. The van der Waals surface area contributed by atoms with Crippen LogP contribution in [0, 0.1) is 11.8 Å². The standard InChI is InChI=1S/C20H24O5/c1-23-14-8-9-17-16(11-14)18(19(25-17)20(21)22)24-15-7-6-12-4-2-3-5-13(12)10-15/h8-9,11-13,15H,2-7,10H2,1H3,(H,21,22). The molecule has 5 nitrogen and oxygen atoms in total. The molecule has 25 heavy (non-hydrogen) atoms. The topological polar surface area (TPSA) is 68.9 Å². The van der Waals surface area contributed by atoms with E-state index in [2.05, 4.69) is 0 Å². The van der Waals surface area contributed by atoms with E-state index in [1.807, 2.05) is 0 Å². The summed E-state index contributed by atoms with van der Waals surface area (Å²) in [5, 5.41) is 10.2. The Kier molecular flexibility index (Phi) is 4.32. The number of carboxylic acids is 1. The number of carboxylic acid groups (broad SMARTS) is 1. The molecule has 4 rings (SSSR count). The number of ether oxygens (including phenoxy) is 2. The van der Waals surface area contributed by atoms with Crippen molar-refractivity contribution in [3.63, 3.8) is 0 Å². The van der Waals surface area contributed by atoms with Crippen LogP contribution in [0.5, 0.6) is 11.5 Å². The predicted octanol–water partition coefficient (Wildman–Crippen LogP) is 4.88. The summed E-state index contributed by atoms with van der Waals surface area (Å²) in [4.78, 5) is 11.6. The molecule has 3 unspecified atom stereocenters. The van der Waals surface area contributed by atoms with Gasteiger partial charge in [-0.05, 0) is 49.3 Å². The van der Waals surface area contributed by atoms with Crippen molar-refractivity contribution in [2.24, 2.45) is 11.8 Å². The molecule has 3 atom stereocenters. The summed E-state index contributed by atoms with van der Waals surface area (Å²) >= 11 is 0. The zero-order valence-corrected chi connectivity index (χ0v) is 14.5. The van der Waals surface area contributed by atoms with Crippen molar-refractivity contribution in [3.8, 4) is 11.5 Å². The van der Waals surface area contributed by atoms with Crippen LogP contribution >= 0.6 is 0 Å². The van der Waals surface area contributed by atoms with Crippen LogP contribution < -0.4 is 9.47 Å². The molecule has 1 heterocycles. The Hall–Kier alpha value is -2.17. The van der Waals surface area contributed by atoms with E-state index in [1.165, 1.54) is 32.1 Å². The predicted molar refractivity (Wildman–Crippen MR) is 93.4 cm³/mol. The molecule has 2 aliphatic carbocycles. The lowest BCUT2D eigenvalue weighted by Crippen LogP contribution is -2.33.